The van der Waals surface area contributed by atoms with E-state index in [0.29, 0.717) is 5.75 Å². The molecule has 0 aliphatic rings. The summed E-state index contributed by atoms with van der Waals surface area (Å²) in [6.07, 6.45) is 2.00. The van der Waals surface area contributed by atoms with Crippen molar-refractivity contribution in [1.82, 2.24) is 5.16 Å². The van der Waals surface area contributed by atoms with Crippen molar-refractivity contribution in [2.24, 2.45) is 0 Å². The number of benzene rings is 1. The number of carbonyl (C=O) groups excluding carboxylic acids is 1. The fourth-order valence-corrected chi connectivity index (χ4v) is 3.42. The summed E-state index contributed by atoms with van der Waals surface area (Å²) in [5.41, 5.74) is 2.85. The van der Waals surface area contributed by atoms with Crippen LogP contribution in [0.1, 0.15) is 17.0 Å². The minimum atomic E-state index is 0.00765. The highest BCUT2D eigenvalue weighted by molar-refractivity contribution is 7.99. The monoisotopic (exact) mass is 322 g/mol. The van der Waals surface area contributed by atoms with Crippen LogP contribution in [-0.4, -0.2) is 23.1 Å². The first-order valence-electron chi connectivity index (χ1n) is 6.54. The summed E-state index contributed by atoms with van der Waals surface area (Å²) in [6.45, 7) is 3.81. The molecule has 0 spiro atoms. The van der Waals surface area contributed by atoms with Crippen molar-refractivity contribution in [3.05, 3.63) is 41.3 Å². The molecular weight excluding hydrogens is 304 g/mol. The Kier molecular flexibility index (Phi) is 5.76. The molecule has 0 aliphatic carbocycles. The quantitative estimate of drug-likeness (QED) is 0.818. The molecule has 6 heteroatoms. The number of rotatable bonds is 6. The third kappa shape index (κ3) is 4.28. The highest BCUT2D eigenvalue weighted by Gasteiger charge is 2.11. The lowest BCUT2D eigenvalue weighted by molar-refractivity contribution is -0.113. The third-order valence-corrected chi connectivity index (χ3v) is 4.80. The number of anilines is 1. The van der Waals surface area contributed by atoms with E-state index in [2.05, 4.69) is 10.5 Å². The first kappa shape index (κ1) is 16.0. The van der Waals surface area contributed by atoms with E-state index in [1.807, 2.05) is 44.4 Å². The molecule has 0 fully saturated rings. The van der Waals surface area contributed by atoms with Gasteiger partial charge in [-0.3, -0.25) is 4.79 Å². The maximum atomic E-state index is 12.0. The first-order valence-corrected chi connectivity index (χ1v) is 8.92. The lowest BCUT2D eigenvalue weighted by Gasteiger charge is -2.09. The van der Waals surface area contributed by atoms with Crippen LogP contribution in [0.5, 0.6) is 0 Å². The van der Waals surface area contributed by atoms with Gasteiger partial charge in [-0.2, -0.15) is 0 Å². The molecule has 0 saturated heterocycles. The molecule has 0 bridgehead atoms. The molecule has 0 aliphatic heterocycles. The molecule has 2 aromatic rings. The molecule has 0 radical (unpaired) electrons. The Labute approximate surface area is 133 Å². The van der Waals surface area contributed by atoms with Gasteiger partial charge in [-0.1, -0.05) is 17.3 Å². The molecule has 1 heterocycles. The molecule has 21 heavy (non-hydrogen) atoms. The van der Waals surface area contributed by atoms with E-state index in [-0.39, 0.29) is 5.91 Å². The predicted octanol–water partition coefficient (Wildman–Crippen LogP) is 3.89. The number of para-hydroxylation sites is 1. The number of hydrogen-bond acceptors (Lipinski definition) is 5. The van der Waals surface area contributed by atoms with Crippen molar-refractivity contribution in [3.8, 4) is 0 Å². The third-order valence-electron chi connectivity index (χ3n) is 3.04. The summed E-state index contributed by atoms with van der Waals surface area (Å²) in [6, 6.07) is 7.81. The second-order valence-electron chi connectivity index (χ2n) is 4.54. The molecule has 0 saturated carbocycles. The van der Waals surface area contributed by atoms with Crippen LogP contribution in [0.4, 0.5) is 5.69 Å². The van der Waals surface area contributed by atoms with Crippen molar-refractivity contribution < 1.29 is 9.32 Å². The summed E-state index contributed by atoms with van der Waals surface area (Å²) >= 11 is 3.18. The van der Waals surface area contributed by atoms with Crippen LogP contribution in [-0.2, 0) is 10.5 Å². The van der Waals surface area contributed by atoms with E-state index in [1.165, 1.54) is 0 Å². The summed E-state index contributed by atoms with van der Waals surface area (Å²) < 4.78 is 5.11. The fourth-order valence-electron chi connectivity index (χ4n) is 1.89. The van der Waals surface area contributed by atoms with Crippen LogP contribution < -0.4 is 5.32 Å². The molecule has 1 amide bonds. The fraction of sp³-hybridized carbons (Fsp3) is 0.333. The summed E-state index contributed by atoms with van der Waals surface area (Å²) in [4.78, 5) is 13.1. The number of amides is 1. The number of hydrogen-bond donors (Lipinski definition) is 1. The molecule has 112 valence electrons. The van der Waals surface area contributed by atoms with Crippen LogP contribution in [0.3, 0.4) is 0 Å². The van der Waals surface area contributed by atoms with E-state index >= 15 is 0 Å². The second-order valence-corrected chi connectivity index (χ2v) is 6.38. The SMILES string of the molecule is CSc1ccccc1NC(=O)CSCc1c(C)noc1C. The minimum Gasteiger partial charge on any atom is -0.361 e. The van der Waals surface area contributed by atoms with Gasteiger partial charge in [-0.15, -0.1) is 23.5 Å². The predicted molar refractivity (Wildman–Crippen MR) is 89.0 cm³/mol. The van der Waals surface area contributed by atoms with Crippen molar-refractivity contribution in [2.45, 2.75) is 24.5 Å². The van der Waals surface area contributed by atoms with E-state index in [4.69, 9.17) is 4.52 Å². The Balaban J connectivity index is 1.85. The Morgan fingerprint density at radius 2 is 2.10 bits per heavy atom. The van der Waals surface area contributed by atoms with Gasteiger partial charge in [0.15, 0.2) is 0 Å². The van der Waals surface area contributed by atoms with Gasteiger partial charge in [-0.25, -0.2) is 0 Å². The minimum absolute atomic E-state index is 0.00765. The van der Waals surface area contributed by atoms with Gasteiger partial charge in [0.1, 0.15) is 5.76 Å². The number of carbonyl (C=O) groups is 1. The van der Waals surface area contributed by atoms with E-state index in [0.717, 1.165) is 33.4 Å². The summed E-state index contributed by atoms with van der Waals surface area (Å²) in [5, 5.41) is 6.86. The summed E-state index contributed by atoms with van der Waals surface area (Å²) in [7, 11) is 0. The Morgan fingerprint density at radius 3 is 2.76 bits per heavy atom. The average molecular weight is 322 g/mol. The molecule has 1 aromatic heterocycles. The Morgan fingerprint density at radius 1 is 1.33 bits per heavy atom. The van der Waals surface area contributed by atoms with Gasteiger partial charge in [0.05, 0.1) is 17.1 Å². The molecule has 0 atom stereocenters. The maximum Gasteiger partial charge on any atom is 0.234 e. The Bertz CT molecular complexity index is 606. The van der Waals surface area contributed by atoms with Gasteiger partial charge in [-0.05, 0) is 32.2 Å². The molecule has 1 N–H and O–H groups in total. The molecule has 4 nitrogen and oxygen atoms in total. The van der Waals surface area contributed by atoms with E-state index in [1.54, 1.807) is 23.5 Å². The molecule has 1 aromatic carbocycles. The van der Waals surface area contributed by atoms with Crippen LogP contribution in [0.25, 0.3) is 0 Å². The molecule has 0 unspecified atom stereocenters. The number of aromatic nitrogens is 1. The molecular formula is C15H18N2O2S2. The van der Waals surface area contributed by atoms with Crippen LogP contribution in [0.15, 0.2) is 33.7 Å². The summed E-state index contributed by atoms with van der Waals surface area (Å²) in [5.74, 6) is 1.98. The van der Waals surface area contributed by atoms with Crippen molar-refractivity contribution in [1.29, 1.82) is 0 Å². The zero-order valence-corrected chi connectivity index (χ0v) is 13.9. The van der Waals surface area contributed by atoms with Gasteiger partial charge >= 0.3 is 0 Å². The van der Waals surface area contributed by atoms with Crippen molar-refractivity contribution in [2.75, 3.05) is 17.3 Å². The topological polar surface area (TPSA) is 55.1 Å². The first-order chi connectivity index (χ1) is 10.1. The van der Waals surface area contributed by atoms with Crippen molar-refractivity contribution >= 4 is 35.1 Å². The lowest BCUT2D eigenvalue weighted by atomic mass is 10.2. The van der Waals surface area contributed by atoms with Gasteiger partial charge in [0.2, 0.25) is 5.91 Å². The van der Waals surface area contributed by atoms with E-state index in [9.17, 15) is 4.79 Å². The van der Waals surface area contributed by atoms with E-state index < -0.39 is 0 Å². The normalized spacial score (nSPS) is 10.6. The van der Waals surface area contributed by atoms with Crippen molar-refractivity contribution in [3.63, 3.8) is 0 Å². The highest BCUT2D eigenvalue weighted by atomic mass is 32.2. The standard InChI is InChI=1S/C15H18N2O2S2/c1-10-12(11(2)19-17-10)8-21-9-15(18)16-13-6-4-5-7-14(13)20-3/h4-7H,8-9H2,1-3H3,(H,16,18). The number of aryl methyl sites for hydroxylation is 2. The van der Waals surface area contributed by atoms with Crippen LogP contribution in [0, 0.1) is 13.8 Å². The van der Waals surface area contributed by atoms with Gasteiger partial charge < -0.3 is 9.84 Å². The van der Waals surface area contributed by atoms with Crippen LogP contribution >= 0.6 is 23.5 Å². The van der Waals surface area contributed by atoms with Gasteiger partial charge in [0, 0.05) is 16.2 Å². The molecule has 2 rings (SSSR count). The Hall–Kier alpha value is -1.40. The van der Waals surface area contributed by atoms with Crippen LogP contribution in [0.2, 0.25) is 0 Å². The number of nitrogens with zero attached hydrogens (tertiary/aromatic N) is 1. The highest BCUT2D eigenvalue weighted by Crippen LogP contribution is 2.25. The number of thioether (sulfide) groups is 2. The van der Waals surface area contributed by atoms with Gasteiger partial charge in [0.25, 0.3) is 0 Å². The second kappa shape index (κ2) is 7.56. The number of nitrogens with one attached hydrogen (secondary N) is 1. The largest absolute Gasteiger partial charge is 0.361 e. The lowest BCUT2D eigenvalue weighted by Crippen LogP contribution is -2.14. The zero-order chi connectivity index (χ0) is 15.2. The average Bonchev–Trinajstić information content (AvgIpc) is 2.79. The smallest absolute Gasteiger partial charge is 0.234 e. The zero-order valence-electron chi connectivity index (χ0n) is 12.3. The maximum absolute atomic E-state index is 12.0.